The largest absolute Gasteiger partial charge is 0.382 e. The minimum absolute atomic E-state index is 0.588. The summed E-state index contributed by atoms with van der Waals surface area (Å²) in [5, 5.41) is 7.35. The number of aromatic nitrogens is 1. The maximum Gasteiger partial charge on any atom is 0.138 e. The Hall–Kier alpha value is -1.85. The van der Waals surface area contributed by atoms with E-state index >= 15 is 0 Å². The van der Waals surface area contributed by atoms with Gasteiger partial charge in [0.15, 0.2) is 0 Å². The van der Waals surface area contributed by atoms with Gasteiger partial charge in [0.1, 0.15) is 5.76 Å². The van der Waals surface area contributed by atoms with Crippen LogP contribution in [0.2, 0.25) is 0 Å². The van der Waals surface area contributed by atoms with Crippen LogP contribution in [-0.2, 0) is 22.6 Å². The van der Waals surface area contributed by atoms with Crippen molar-refractivity contribution in [3.05, 3.63) is 46.8 Å². The molecular formula is C16H22N2O3. The summed E-state index contributed by atoms with van der Waals surface area (Å²) in [4.78, 5) is 0. The number of benzene rings is 1. The second-order valence-electron chi connectivity index (χ2n) is 4.90. The lowest BCUT2D eigenvalue weighted by molar-refractivity contribution is 0.0617. The molecule has 0 fully saturated rings. The normalized spacial score (nSPS) is 10.8. The molecule has 0 bridgehead atoms. The minimum atomic E-state index is 0.588. The van der Waals surface area contributed by atoms with Crippen LogP contribution >= 0.6 is 0 Å². The molecule has 0 saturated carbocycles. The van der Waals surface area contributed by atoms with Crippen molar-refractivity contribution in [1.29, 1.82) is 0 Å². The molecule has 2 aromatic rings. The first-order valence-electron chi connectivity index (χ1n) is 7.02. The Morgan fingerprint density at radius 3 is 2.81 bits per heavy atom. The smallest absolute Gasteiger partial charge is 0.138 e. The van der Waals surface area contributed by atoms with Gasteiger partial charge in [-0.25, -0.2) is 0 Å². The number of ether oxygens (including phenoxy) is 2. The Kier molecular flexibility index (Phi) is 5.78. The van der Waals surface area contributed by atoms with E-state index in [0.717, 1.165) is 28.3 Å². The zero-order chi connectivity index (χ0) is 15.1. The van der Waals surface area contributed by atoms with E-state index in [2.05, 4.69) is 16.5 Å². The number of nitrogens with zero attached hydrogens (tertiary/aromatic N) is 1. The first-order valence-corrected chi connectivity index (χ1v) is 7.02. The summed E-state index contributed by atoms with van der Waals surface area (Å²) in [5.41, 5.74) is 4.23. The SMILES string of the molecule is COCCOCc1cccc(NCc2c(C)noc2C)c1. The Bertz CT molecular complexity index is 547. The summed E-state index contributed by atoms with van der Waals surface area (Å²) in [7, 11) is 1.67. The topological polar surface area (TPSA) is 56.5 Å². The van der Waals surface area contributed by atoms with E-state index in [1.54, 1.807) is 7.11 Å². The number of aryl methyl sites for hydroxylation is 2. The van der Waals surface area contributed by atoms with Crippen LogP contribution in [0.25, 0.3) is 0 Å². The summed E-state index contributed by atoms with van der Waals surface area (Å²) >= 11 is 0. The average Bonchev–Trinajstić information content (AvgIpc) is 2.81. The van der Waals surface area contributed by atoms with Crippen LogP contribution in [-0.4, -0.2) is 25.5 Å². The molecular weight excluding hydrogens is 268 g/mol. The summed E-state index contributed by atoms with van der Waals surface area (Å²) in [6.45, 7) is 6.39. The Labute approximate surface area is 125 Å². The van der Waals surface area contributed by atoms with Crippen LogP contribution < -0.4 is 5.32 Å². The number of hydrogen-bond acceptors (Lipinski definition) is 5. The fourth-order valence-electron chi connectivity index (χ4n) is 2.05. The zero-order valence-corrected chi connectivity index (χ0v) is 12.8. The lowest BCUT2D eigenvalue weighted by Crippen LogP contribution is -2.03. The van der Waals surface area contributed by atoms with Crippen molar-refractivity contribution in [2.45, 2.75) is 27.0 Å². The van der Waals surface area contributed by atoms with Crippen molar-refractivity contribution < 1.29 is 14.0 Å². The van der Waals surface area contributed by atoms with Crippen molar-refractivity contribution >= 4 is 5.69 Å². The van der Waals surface area contributed by atoms with Crippen LogP contribution in [0.3, 0.4) is 0 Å². The summed E-state index contributed by atoms with van der Waals surface area (Å²) in [6.07, 6.45) is 0. The predicted octanol–water partition coefficient (Wildman–Crippen LogP) is 3.07. The van der Waals surface area contributed by atoms with Crippen LogP contribution in [0.4, 0.5) is 5.69 Å². The zero-order valence-electron chi connectivity index (χ0n) is 12.8. The molecule has 1 aromatic heterocycles. The van der Waals surface area contributed by atoms with Crippen molar-refractivity contribution in [2.75, 3.05) is 25.6 Å². The number of rotatable bonds is 8. The van der Waals surface area contributed by atoms with Gasteiger partial charge >= 0.3 is 0 Å². The van der Waals surface area contributed by atoms with Gasteiger partial charge in [-0.2, -0.15) is 0 Å². The first kappa shape index (κ1) is 15.5. The quantitative estimate of drug-likeness (QED) is 0.757. The molecule has 0 unspecified atom stereocenters. The van der Waals surface area contributed by atoms with E-state index in [4.69, 9.17) is 14.0 Å². The molecule has 5 nitrogen and oxygen atoms in total. The summed E-state index contributed by atoms with van der Waals surface area (Å²) < 4.78 is 15.6. The van der Waals surface area contributed by atoms with Crippen molar-refractivity contribution in [2.24, 2.45) is 0 Å². The van der Waals surface area contributed by atoms with Gasteiger partial charge in [-0.05, 0) is 31.5 Å². The first-order chi connectivity index (χ1) is 10.2. The lowest BCUT2D eigenvalue weighted by Gasteiger charge is -2.09. The highest BCUT2D eigenvalue weighted by Gasteiger charge is 2.08. The highest BCUT2D eigenvalue weighted by molar-refractivity contribution is 5.46. The Morgan fingerprint density at radius 2 is 2.10 bits per heavy atom. The molecule has 0 aliphatic rings. The van der Waals surface area contributed by atoms with Gasteiger partial charge in [-0.3, -0.25) is 0 Å². The Morgan fingerprint density at radius 1 is 1.24 bits per heavy atom. The highest BCUT2D eigenvalue weighted by atomic mass is 16.5. The third-order valence-corrected chi connectivity index (χ3v) is 3.28. The molecule has 0 saturated heterocycles. The van der Waals surface area contributed by atoms with E-state index in [1.165, 1.54) is 0 Å². The van der Waals surface area contributed by atoms with Crippen LogP contribution in [0.5, 0.6) is 0 Å². The minimum Gasteiger partial charge on any atom is -0.382 e. The molecule has 1 heterocycles. The van der Waals surface area contributed by atoms with Crippen molar-refractivity contribution in [1.82, 2.24) is 5.16 Å². The van der Waals surface area contributed by atoms with E-state index in [9.17, 15) is 0 Å². The van der Waals surface area contributed by atoms with E-state index in [0.29, 0.717) is 26.4 Å². The summed E-state index contributed by atoms with van der Waals surface area (Å²) in [6, 6.07) is 8.19. The van der Waals surface area contributed by atoms with Crippen molar-refractivity contribution in [3.63, 3.8) is 0 Å². The standard InChI is InChI=1S/C16H22N2O3/c1-12-16(13(2)21-18-12)10-17-15-6-4-5-14(9-15)11-20-8-7-19-3/h4-6,9,17H,7-8,10-11H2,1-3H3. The van der Waals surface area contributed by atoms with E-state index in [-0.39, 0.29) is 0 Å². The van der Waals surface area contributed by atoms with Gasteiger partial charge in [-0.1, -0.05) is 17.3 Å². The number of anilines is 1. The second-order valence-corrected chi connectivity index (χ2v) is 4.90. The van der Waals surface area contributed by atoms with Gasteiger partial charge in [0.05, 0.1) is 25.5 Å². The molecule has 0 aliphatic heterocycles. The number of methoxy groups -OCH3 is 1. The molecule has 2 rings (SSSR count). The maximum absolute atomic E-state index is 5.53. The number of nitrogens with one attached hydrogen (secondary N) is 1. The van der Waals surface area contributed by atoms with Gasteiger partial charge in [-0.15, -0.1) is 0 Å². The molecule has 1 N–H and O–H groups in total. The summed E-state index contributed by atoms with van der Waals surface area (Å²) in [5.74, 6) is 0.860. The van der Waals surface area contributed by atoms with Crippen LogP contribution in [0, 0.1) is 13.8 Å². The monoisotopic (exact) mass is 290 g/mol. The molecule has 5 heteroatoms. The highest BCUT2D eigenvalue weighted by Crippen LogP contribution is 2.16. The fraction of sp³-hybridized carbons (Fsp3) is 0.438. The third kappa shape index (κ3) is 4.58. The van der Waals surface area contributed by atoms with Crippen molar-refractivity contribution in [3.8, 4) is 0 Å². The Balaban J connectivity index is 1.89. The molecule has 21 heavy (non-hydrogen) atoms. The van der Waals surface area contributed by atoms with Gasteiger partial charge in [0.25, 0.3) is 0 Å². The molecule has 0 amide bonds. The third-order valence-electron chi connectivity index (χ3n) is 3.28. The maximum atomic E-state index is 5.53. The molecule has 0 radical (unpaired) electrons. The molecule has 0 atom stereocenters. The average molecular weight is 290 g/mol. The fourth-order valence-corrected chi connectivity index (χ4v) is 2.05. The second kappa shape index (κ2) is 7.81. The predicted molar refractivity (Wildman–Crippen MR) is 81.3 cm³/mol. The van der Waals surface area contributed by atoms with E-state index in [1.807, 2.05) is 32.0 Å². The van der Waals surface area contributed by atoms with Crippen LogP contribution in [0.1, 0.15) is 22.6 Å². The molecule has 0 aliphatic carbocycles. The van der Waals surface area contributed by atoms with Crippen LogP contribution in [0.15, 0.2) is 28.8 Å². The molecule has 114 valence electrons. The lowest BCUT2D eigenvalue weighted by atomic mass is 10.2. The number of hydrogen-bond donors (Lipinski definition) is 1. The van der Waals surface area contributed by atoms with Gasteiger partial charge in [0, 0.05) is 24.9 Å². The van der Waals surface area contributed by atoms with E-state index < -0.39 is 0 Å². The van der Waals surface area contributed by atoms with Gasteiger partial charge in [0.2, 0.25) is 0 Å². The van der Waals surface area contributed by atoms with Gasteiger partial charge < -0.3 is 19.3 Å². The molecule has 1 aromatic carbocycles. The molecule has 0 spiro atoms.